The number of hydrogen-bond acceptors (Lipinski definition) is 2. The second kappa shape index (κ2) is 5.55. The van der Waals surface area contributed by atoms with Crippen LogP contribution in [0.15, 0.2) is 24.3 Å². The van der Waals surface area contributed by atoms with Gasteiger partial charge in [0.1, 0.15) is 5.75 Å². The van der Waals surface area contributed by atoms with Crippen LogP contribution in [0.25, 0.3) is 0 Å². The fraction of sp³-hybridized carbons (Fsp3) is 0.538. The fourth-order valence-corrected chi connectivity index (χ4v) is 2.30. The number of hydrogen-bond donors (Lipinski definition) is 1. The van der Waals surface area contributed by atoms with Gasteiger partial charge in [-0.25, -0.2) is 0 Å². The molecule has 2 rings (SSSR count). The monoisotopic (exact) mass is 239 g/mol. The quantitative estimate of drug-likeness (QED) is 0.875. The summed E-state index contributed by atoms with van der Waals surface area (Å²) in [5.41, 5.74) is 0. The van der Waals surface area contributed by atoms with Crippen LogP contribution in [0.2, 0.25) is 5.02 Å². The normalized spacial score (nSPS) is 25.4. The van der Waals surface area contributed by atoms with Crippen LogP contribution >= 0.6 is 11.6 Å². The van der Waals surface area contributed by atoms with Crippen molar-refractivity contribution in [2.75, 3.05) is 7.05 Å². The first-order valence-electron chi connectivity index (χ1n) is 5.87. The molecule has 0 radical (unpaired) electrons. The van der Waals surface area contributed by atoms with Gasteiger partial charge in [0, 0.05) is 11.1 Å². The SMILES string of the molecule is CNC1CCC(Oc2ccc(Cl)cc2)CC1. The van der Waals surface area contributed by atoms with Crippen molar-refractivity contribution in [2.45, 2.75) is 37.8 Å². The Kier molecular flexibility index (Phi) is 4.08. The molecular weight excluding hydrogens is 222 g/mol. The predicted molar refractivity (Wildman–Crippen MR) is 67.2 cm³/mol. The highest BCUT2D eigenvalue weighted by atomic mass is 35.5. The van der Waals surface area contributed by atoms with Crippen molar-refractivity contribution in [3.63, 3.8) is 0 Å². The molecule has 1 saturated carbocycles. The summed E-state index contributed by atoms with van der Waals surface area (Å²) in [7, 11) is 2.03. The summed E-state index contributed by atoms with van der Waals surface area (Å²) in [6.07, 6.45) is 5.04. The summed E-state index contributed by atoms with van der Waals surface area (Å²) in [6, 6.07) is 8.29. The molecule has 2 nitrogen and oxygen atoms in total. The summed E-state index contributed by atoms with van der Waals surface area (Å²) in [6.45, 7) is 0. The Morgan fingerprint density at radius 3 is 2.31 bits per heavy atom. The third-order valence-electron chi connectivity index (χ3n) is 3.20. The van der Waals surface area contributed by atoms with E-state index >= 15 is 0 Å². The smallest absolute Gasteiger partial charge is 0.119 e. The van der Waals surface area contributed by atoms with Gasteiger partial charge in [-0.2, -0.15) is 0 Å². The molecule has 0 atom stereocenters. The largest absolute Gasteiger partial charge is 0.490 e. The Balaban J connectivity index is 1.84. The number of nitrogens with one attached hydrogen (secondary N) is 1. The molecule has 0 aromatic heterocycles. The average molecular weight is 240 g/mol. The van der Waals surface area contributed by atoms with Gasteiger partial charge in [0.05, 0.1) is 6.10 Å². The van der Waals surface area contributed by atoms with Gasteiger partial charge in [-0.3, -0.25) is 0 Å². The first-order chi connectivity index (χ1) is 7.78. The van der Waals surface area contributed by atoms with E-state index in [1.807, 2.05) is 31.3 Å². The van der Waals surface area contributed by atoms with E-state index < -0.39 is 0 Å². The van der Waals surface area contributed by atoms with E-state index in [1.54, 1.807) is 0 Å². The maximum atomic E-state index is 5.92. The van der Waals surface area contributed by atoms with Crippen LogP contribution in [0.3, 0.4) is 0 Å². The molecule has 0 unspecified atom stereocenters. The van der Waals surface area contributed by atoms with Gasteiger partial charge >= 0.3 is 0 Å². The molecule has 0 bridgehead atoms. The van der Waals surface area contributed by atoms with E-state index in [4.69, 9.17) is 16.3 Å². The van der Waals surface area contributed by atoms with Crippen molar-refractivity contribution in [1.29, 1.82) is 0 Å². The molecule has 0 aliphatic heterocycles. The van der Waals surface area contributed by atoms with Gasteiger partial charge in [-0.1, -0.05) is 11.6 Å². The highest BCUT2D eigenvalue weighted by molar-refractivity contribution is 6.30. The molecular formula is C13H18ClNO. The lowest BCUT2D eigenvalue weighted by molar-refractivity contribution is 0.141. The minimum absolute atomic E-state index is 0.366. The van der Waals surface area contributed by atoms with Crippen molar-refractivity contribution >= 4 is 11.6 Å². The molecule has 1 aliphatic rings. The maximum absolute atomic E-state index is 5.92. The van der Waals surface area contributed by atoms with Gasteiger partial charge < -0.3 is 10.1 Å². The zero-order chi connectivity index (χ0) is 11.4. The van der Waals surface area contributed by atoms with Gasteiger partial charge in [0.25, 0.3) is 0 Å². The first kappa shape index (κ1) is 11.7. The van der Waals surface area contributed by atoms with Crippen LogP contribution in [0.4, 0.5) is 0 Å². The molecule has 1 N–H and O–H groups in total. The molecule has 0 heterocycles. The van der Waals surface area contributed by atoms with Gasteiger partial charge in [0.2, 0.25) is 0 Å². The summed E-state index contributed by atoms with van der Waals surface area (Å²) < 4.78 is 5.92. The van der Waals surface area contributed by atoms with E-state index in [-0.39, 0.29) is 0 Å². The zero-order valence-electron chi connectivity index (χ0n) is 9.58. The lowest BCUT2D eigenvalue weighted by Crippen LogP contribution is -2.34. The lowest BCUT2D eigenvalue weighted by Gasteiger charge is -2.28. The van der Waals surface area contributed by atoms with Crippen LogP contribution < -0.4 is 10.1 Å². The number of benzene rings is 1. The zero-order valence-corrected chi connectivity index (χ0v) is 10.3. The first-order valence-corrected chi connectivity index (χ1v) is 6.25. The van der Waals surface area contributed by atoms with E-state index in [0.29, 0.717) is 12.1 Å². The lowest BCUT2D eigenvalue weighted by atomic mass is 9.93. The summed E-state index contributed by atoms with van der Waals surface area (Å²) in [5.74, 6) is 0.928. The van der Waals surface area contributed by atoms with Crippen molar-refractivity contribution in [3.8, 4) is 5.75 Å². The van der Waals surface area contributed by atoms with Crippen molar-refractivity contribution in [3.05, 3.63) is 29.3 Å². The van der Waals surface area contributed by atoms with E-state index in [1.165, 1.54) is 12.8 Å². The summed E-state index contributed by atoms with van der Waals surface area (Å²) in [5, 5.41) is 4.08. The molecule has 1 aromatic carbocycles. The van der Waals surface area contributed by atoms with Crippen LogP contribution in [-0.2, 0) is 0 Å². The van der Waals surface area contributed by atoms with Crippen molar-refractivity contribution < 1.29 is 4.74 Å². The van der Waals surface area contributed by atoms with Crippen LogP contribution in [0.1, 0.15) is 25.7 Å². The van der Waals surface area contributed by atoms with Gasteiger partial charge in [-0.05, 0) is 57.0 Å². The number of rotatable bonds is 3. The van der Waals surface area contributed by atoms with E-state index in [0.717, 1.165) is 23.6 Å². The molecule has 1 fully saturated rings. The minimum atomic E-state index is 0.366. The number of ether oxygens (including phenoxy) is 1. The second-order valence-corrected chi connectivity index (χ2v) is 4.77. The molecule has 3 heteroatoms. The van der Waals surface area contributed by atoms with E-state index in [9.17, 15) is 0 Å². The standard InChI is InChI=1S/C13H18ClNO/c1-15-11-4-8-13(9-5-11)16-12-6-2-10(14)3-7-12/h2-3,6-7,11,13,15H,4-5,8-9H2,1H3. The van der Waals surface area contributed by atoms with E-state index in [2.05, 4.69) is 5.32 Å². The topological polar surface area (TPSA) is 21.3 Å². The fourth-order valence-electron chi connectivity index (χ4n) is 2.17. The predicted octanol–water partition coefficient (Wildman–Crippen LogP) is 3.25. The second-order valence-electron chi connectivity index (χ2n) is 4.33. The Morgan fingerprint density at radius 2 is 1.75 bits per heavy atom. The van der Waals surface area contributed by atoms with Crippen molar-refractivity contribution in [2.24, 2.45) is 0 Å². The van der Waals surface area contributed by atoms with Crippen molar-refractivity contribution in [1.82, 2.24) is 5.32 Å². The van der Waals surface area contributed by atoms with Crippen LogP contribution in [0, 0.1) is 0 Å². The Hall–Kier alpha value is -0.730. The molecule has 1 aliphatic carbocycles. The van der Waals surface area contributed by atoms with Crippen LogP contribution in [-0.4, -0.2) is 19.2 Å². The third kappa shape index (κ3) is 3.13. The minimum Gasteiger partial charge on any atom is -0.490 e. The molecule has 16 heavy (non-hydrogen) atoms. The Morgan fingerprint density at radius 1 is 1.12 bits per heavy atom. The number of halogens is 1. The molecule has 1 aromatic rings. The van der Waals surface area contributed by atoms with Crippen LogP contribution in [0.5, 0.6) is 5.75 Å². The van der Waals surface area contributed by atoms with Gasteiger partial charge in [-0.15, -0.1) is 0 Å². The average Bonchev–Trinajstić information content (AvgIpc) is 2.33. The Labute approximate surface area is 102 Å². The molecule has 0 saturated heterocycles. The maximum Gasteiger partial charge on any atom is 0.119 e. The van der Waals surface area contributed by atoms with Gasteiger partial charge in [0.15, 0.2) is 0 Å². The summed E-state index contributed by atoms with van der Waals surface area (Å²) >= 11 is 5.83. The highest BCUT2D eigenvalue weighted by Crippen LogP contribution is 2.24. The molecule has 0 amide bonds. The highest BCUT2D eigenvalue weighted by Gasteiger charge is 2.20. The molecule has 88 valence electrons. The molecule has 0 spiro atoms. The third-order valence-corrected chi connectivity index (χ3v) is 3.45. The Bertz CT molecular complexity index is 317. The summed E-state index contributed by atoms with van der Waals surface area (Å²) in [4.78, 5) is 0.